The predicted octanol–water partition coefficient (Wildman–Crippen LogP) is 4.74. The number of carbonyl (C=O) groups is 1. The van der Waals surface area contributed by atoms with E-state index in [0.717, 1.165) is 6.26 Å². The number of nitrogens with zero attached hydrogens (tertiary/aromatic N) is 3. The van der Waals surface area contributed by atoms with Crippen LogP contribution < -0.4 is 14.9 Å². The van der Waals surface area contributed by atoms with Gasteiger partial charge < -0.3 is 14.8 Å². The van der Waals surface area contributed by atoms with Crippen LogP contribution in [0.5, 0.6) is 0 Å². The molecule has 2 aromatic heterocycles. The summed E-state index contributed by atoms with van der Waals surface area (Å²) in [4.78, 5) is 18.8. The van der Waals surface area contributed by atoms with Gasteiger partial charge in [-0.25, -0.2) is 26.6 Å². The second kappa shape index (κ2) is 8.66. The molecule has 1 aliphatic heterocycles. The molecule has 1 atom stereocenters. The second-order valence-electron chi connectivity index (χ2n) is 9.64. The molecule has 13 heteroatoms. The van der Waals surface area contributed by atoms with Crippen LogP contribution in [-0.2, 0) is 17.1 Å². The molecular weight excluding hydrogens is 531 g/mol. The van der Waals surface area contributed by atoms with E-state index in [0.29, 0.717) is 24.3 Å². The number of aromatic nitrogens is 2. The lowest BCUT2D eigenvalue weighted by Gasteiger charge is -2.19. The van der Waals surface area contributed by atoms with Gasteiger partial charge in [-0.05, 0) is 30.7 Å². The molecule has 2 aliphatic rings. The van der Waals surface area contributed by atoms with Gasteiger partial charge in [0.1, 0.15) is 5.69 Å². The van der Waals surface area contributed by atoms with Crippen LogP contribution in [0.4, 0.5) is 30.2 Å². The topological polar surface area (TPSA) is 96.3 Å². The van der Waals surface area contributed by atoms with Crippen molar-refractivity contribution in [2.24, 2.45) is 12.5 Å². The van der Waals surface area contributed by atoms with Gasteiger partial charge in [0.05, 0.1) is 40.5 Å². The Balaban J connectivity index is 1.33. The highest BCUT2D eigenvalue weighted by atomic mass is 35.5. The van der Waals surface area contributed by atoms with Crippen LogP contribution in [0.3, 0.4) is 0 Å². The molecule has 8 nitrogen and oxygen atoms in total. The van der Waals surface area contributed by atoms with Crippen LogP contribution in [0.25, 0.3) is 11.4 Å². The maximum absolute atomic E-state index is 15.1. The summed E-state index contributed by atoms with van der Waals surface area (Å²) in [6.07, 6.45) is 4.16. The summed E-state index contributed by atoms with van der Waals surface area (Å²) in [6.45, 7) is 0.579. The minimum Gasteiger partial charge on any atom is -0.369 e. The monoisotopic (exact) mass is 553 g/mol. The molecule has 1 saturated heterocycles. The maximum Gasteiger partial charge on any atom is 0.257 e. The zero-order chi connectivity index (χ0) is 26.8. The van der Waals surface area contributed by atoms with Gasteiger partial charge in [-0.2, -0.15) is 0 Å². The lowest BCUT2D eigenvalue weighted by atomic mass is 10.1. The summed E-state index contributed by atoms with van der Waals surface area (Å²) in [6, 6.07) is 7.01. The molecule has 196 valence electrons. The van der Waals surface area contributed by atoms with E-state index in [2.05, 4.69) is 15.0 Å². The van der Waals surface area contributed by atoms with Crippen LogP contribution in [0.15, 0.2) is 42.7 Å². The van der Waals surface area contributed by atoms with Gasteiger partial charge in [0.25, 0.3) is 11.8 Å². The molecule has 1 spiro atoms. The fourth-order valence-electron chi connectivity index (χ4n) is 4.77. The number of rotatable bonds is 6. The van der Waals surface area contributed by atoms with Gasteiger partial charge >= 0.3 is 0 Å². The number of carbonyl (C=O) groups excluding carboxylic acids is 1. The van der Waals surface area contributed by atoms with Crippen LogP contribution in [0.2, 0.25) is 5.02 Å². The van der Waals surface area contributed by atoms with Crippen molar-refractivity contribution in [2.75, 3.05) is 34.3 Å². The van der Waals surface area contributed by atoms with E-state index in [9.17, 15) is 22.0 Å². The standard InChI is InChI=1S/C24H23ClF3N5O3S/c1-32-11-14(22(34)30-16-6-15(25)7-17(8-16)31-37(2,35)36)5-20(32)21-19(26)9-18(10-29-21)33-4-3-23(13-33)12-24(23,27)28/h5-11,31H,3-4,12-13H2,1-2H3,(H,30,34). The van der Waals surface area contributed by atoms with E-state index in [4.69, 9.17) is 11.6 Å². The van der Waals surface area contributed by atoms with E-state index in [1.807, 2.05) is 0 Å². The van der Waals surface area contributed by atoms with Crippen molar-refractivity contribution in [2.45, 2.75) is 18.8 Å². The van der Waals surface area contributed by atoms with Gasteiger partial charge in [0.15, 0.2) is 5.82 Å². The van der Waals surface area contributed by atoms with Crippen molar-refractivity contribution in [1.82, 2.24) is 9.55 Å². The highest BCUT2D eigenvalue weighted by molar-refractivity contribution is 7.92. The molecule has 1 saturated carbocycles. The summed E-state index contributed by atoms with van der Waals surface area (Å²) in [7, 11) is -1.92. The van der Waals surface area contributed by atoms with Crippen LogP contribution >= 0.6 is 11.6 Å². The normalized spacial score (nSPS) is 20.3. The fourth-order valence-corrected chi connectivity index (χ4v) is 5.55. The Morgan fingerprint density at radius 3 is 2.49 bits per heavy atom. The van der Waals surface area contributed by atoms with Crippen LogP contribution in [0, 0.1) is 11.2 Å². The van der Waals surface area contributed by atoms with E-state index in [1.54, 1.807) is 16.5 Å². The smallest absolute Gasteiger partial charge is 0.257 e. The number of aryl methyl sites for hydroxylation is 1. The van der Waals surface area contributed by atoms with E-state index >= 15 is 4.39 Å². The Hall–Kier alpha value is -3.25. The Morgan fingerprint density at radius 1 is 1.16 bits per heavy atom. The summed E-state index contributed by atoms with van der Waals surface area (Å²) in [5, 5.41) is 2.85. The summed E-state index contributed by atoms with van der Waals surface area (Å²) in [5.74, 6) is -3.83. The largest absolute Gasteiger partial charge is 0.369 e. The first-order chi connectivity index (χ1) is 17.3. The molecule has 1 aliphatic carbocycles. The highest BCUT2D eigenvalue weighted by Gasteiger charge is 2.72. The Morgan fingerprint density at radius 2 is 1.86 bits per heavy atom. The number of anilines is 3. The molecular formula is C24H23ClF3N5O3S. The van der Waals surface area contributed by atoms with Gasteiger partial charge in [0, 0.05) is 49.5 Å². The number of hydrogen-bond donors (Lipinski definition) is 2. The van der Waals surface area contributed by atoms with Crippen molar-refractivity contribution in [1.29, 1.82) is 0 Å². The minimum atomic E-state index is -3.55. The first kappa shape index (κ1) is 25.4. The number of sulfonamides is 1. The number of hydrogen-bond acceptors (Lipinski definition) is 5. The second-order valence-corrected chi connectivity index (χ2v) is 11.8. The lowest BCUT2D eigenvalue weighted by Crippen LogP contribution is -2.22. The Labute approximate surface area is 216 Å². The molecule has 3 aromatic rings. The first-order valence-corrected chi connectivity index (χ1v) is 13.6. The van der Waals surface area contributed by atoms with Crippen molar-refractivity contribution in [3.05, 3.63) is 59.1 Å². The molecule has 5 rings (SSSR count). The number of pyridine rings is 1. The quantitative estimate of drug-likeness (QED) is 0.460. The molecule has 1 amide bonds. The zero-order valence-corrected chi connectivity index (χ0v) is 21.4. The Kier molecular flexibility index (Phi) is 5.94. The molecule has 2 N–H and O–H groups in total. The van der Waals surface area contributed by atoms with Crippen LogP contribution in [-0.4, -0.2) is 49.1 Å². The molecule has 3 heterocycles. The van der Waals surface area contributed by atoms with Crippen molar-refractivity contribution in [3.8, 4) is 11.4 Å². The van der Waals surface area contributed by atoms with Crippen molar-refractivity contribution >= 4 is 44.6 Å². The number of amides is 1. The van der Waals surface area contributed by atoms with Gasteiger partial charge in [0.2, 0.25) is 10.0 Å². The van der Waals surface area contributed by atoms with E-state index in [-0.39, 0.29) is 40.6 Å². The van der Waals surface area contributed by atoms with E-state index < -0.39 is 33.1 Å². The minimum absolute atomic E-state index is 0.0124. The fraction of sp³-hybridized carbons (Fsp3) is 0.333. The Bertz CT molecular complexity index is 1530. The molecule has 1 unspecified atom stereocenters. The van der Waals surface area contributed by atoms with Crippen molar-refractivity contribution < 1.29 is 26.4 Å². The van der Waals surface area contributed by atoms with Gasteiger partial charge in [-0.3, -0.25) is 9.52 Å². The summed E-state index contributed by atoms with van der Waals surface area (Å²) < 4.78 is 69.4. The molecule has 0 bridgehead atoms. The first-order valence-electron chi connectivity index (χ1n) is 11.3. The third-order valence-electron chi connectivity index (χ3n) is 6.73. The number of halogens is 4. The average Bonchev–Trinajstić information content (AvgIpc) is 3.10. The molecule has 0 radical (unpaired) electrons. The molecule has 1 aromatic carbocycles. The number of benzene rings is 1. The predicted molar refractivity (Wildman–Crippen MR) is 135 cm³/mol. The summed E-state index contributed by atoms with van der Waals surface area (Å²) in [5.41, 5.74) is 0.426. The molecule has 37 heavy (non-hydrogen) atoms. The lowest BCUT2D eigenvalue weighted by molar-refractivity contribution is 0.0711. The van der Waals surface area contributed by atoms with Crippen molar-refractivity contribution in [3.63, 3.8) is 0 Å². The van der Waals surface area contributed by atoms with Gasteiger partial charge in [-0.15, -0.1) is 0 Å². The van der Waals surface area contributed by atoms with E-state index in [1.165, 1.54) is 42.7 Å². The number of alkyl halides is 2. The molecule has 2 fully saturated rings. The van der Waals surface area contributed by atoms with Gasteiger partial charge in [-0.1, -0.05) is 11.6 Å². The zero-order valence-electron chi connectivity index (χ0n) is 19.9. The average molecular weight is 554 g/mol. The third kappa shape index (κ3) is 4.99. The highest BCUT2D eigenvalue weighted by Crippen LogP contribution is 2.65. The summed E-state index contributed by atoms with van der Waals surface area (Å²) >= 11 is 6.05. The maximum atomic E-state index is 15.1. The number of nitrogens with one attached hydrogen (secondary N) is 2. The van der Waals surface area contributed by atoms with Crippen LogP contribution in [0.1, 0.15) is 23.2 Å². The SMILES string of the molecule is Cn1cc(C(=O)Nc2cc(Cl)cc(NS(C)(=O)=O)c2)cc1-c1ncc(N2CCC3(C2)CC3(F)F)cc1F. The third-order valence-corrected chi connectivity index (χ3v) is 7.55.